The Bertz CT molecular complexity index is 498. The molecule has 5 heteroatoms. The number of aromatic nitrogens is 1. The summed E-state index contributed by atoms with van der Waals surface area (Å²) in [5.74, 6) is 0. The van der Waals surface area contributed by atoms with E-state index in [1.165, 1.54) is 17.8 Å². The molecule has 0 saturated heterocycles. The van der Waals surface area contributed by atoms with Crippen LogP contribution in [-0.2, 0) is 16.1 Å². The first-order chi connectivity index (χ1) is 7.81. The van der Waals surface area contributed by atoms with E-state index in [9.17, 15) is 4.79 Å². The first-order valence-corrected chi connectivity index (χ1v) is 6.17. The van der Waals surface area contributed by atoms with Crippen molar-refractivity contribution in [1.82, 2.24) is 4.98 Å². The van der Waals surface area contributed by atoms with Crippen LogP contribution >= 0.6 is 27.3 Å². The molecule has 0 unspecified atom stereocenters. The van der Waals surface area contributed by atoms with E-state index in [0.717, 1.165) is 20.7 Å². The van der Waals surface area contributed by atoms with Crippen LogP contribution in [0.3, 0.4) is 0 Å². The molecule has 0 aliphatic heterocycles. The highest BCUT2D eigenvalue weighted by atomic mass is 79.9. The Balaban J connectivity index is 2.25. The molecule has 1 heterocycles. The second-order valence-corrected chi connectivity index (χ2v) is 4.71. The van der Waals surface area contributed by atoms with Crippen molar-refractivity contribution in [3.8, 4) is 10.6 Å². The van der Waals surface area contributed by atoms with Gasteiger partial charge >= 0.3 is 6.47 Å². The monoisotopic (exact) mass is 296 g/mol. The maximum absolute atomic E-state index is 9.93. The number of carbonyl (C=O) groups excluding carboxylic acids is 1. The van der Waals surface area contributed by atoms with Crippen molar-refractivity contribution in [2.45, 2.75) is 6.61 Å². The zero-order chi connectivity index (χ0) is 11.4. The highest BCUT2D eigenvalue weighted by Gasteiger charge is 2.07. The van der Waals surface area contributed by atoms with Gasteiger partial charge in [0.2, 0.25) is 0 Å². The zero-order valence-corrected chi connectivity index (χ0v) is 10.5. The summed E-state index contributed by atoms with van der Waals surface area (Å²) in [5, 5.41) is 2.77. The van der Waals surface area contributed by atoms with E-state index in [2.05, 4.69) is 25.7 Å². The number of hydrogen-bond acceptors (Lipinski definition) is 4. The average Bonchev–Trinajstić information content (AvgIpc) is 2.75. The van der Waals surface area contributed by atoms with Crippen molar-refractivity contribution in [3.05, 3.63) is 39.8 Å². The molecule has 0 amide bonds. The summed E-state index contributed by atoms with van der Waals surface area (Å²) >= 11 is 4.98. The Morgan fingerprint density at radius 2 is 2.25 bits per heavy atom. The summed E-state index contributed by atoms with van der Waals surface area (Å²) in [5.41, 5.74) is 1.77. The van der Waals surface area contributed by atoms with Gasteiger partial charge in [-0.25, -0.2) is 9.78 Å². The number of hydrogen-bond donors (Lipinski definition) is 0. The largest absolute Gasteiger partial charge is 0.451 e. The van der Waals surface area contributed by atoms with Crippen molar-refractivity contribution in [3.63, 3.8) is 0 Å². The molecule has 0 aliphatic carbocycles. The van der Waals surface area contributed by atoms with Gasteiger partial charge in [0, 0.05) is 15.4 Å². The molecule has 81 valence electrons. The van der Waals surface area contributed by atoms with Gasteiger partial charge in [0.05, 0.1) is 5.69 Å². The third-order valence-corrected chi connectivity index (χ3v) is 3.55. The molecular weight excluding hydrogens is 290 g/mol. The second kappa shape index (κ2) is 5.23. The Hall–Kier alpha value is -1.20. The molecule has 0 atom stereocenters. The van der Waals surface area contributed by atoms with E-state index >= 15 is 0 Å². The van der Waals surface area contributed by atoms with Gasteiger partial charge in [0.1, 0.15) is 11.6 Å². The summed E-state index contributed by atoms with van der Waals surface area (Å²) < 4.78 is 5.52. The quantitative estimate of drug-likeness (QED) is 0.870. The fourth-order valence-corrected chi connectivity index (χ4v) is 2.68. The predicted octanol–water partition coefficient (Wildman–Crippen LogP) is 3.16. The Morgan fingerprint density at radius 1 is 1.44 bits per heavy atom. The minimum absolute atomic E-state index is 0.171. The summed E-state index contributed by atoms with van der Waals surface area (Å²) in [6.07, 6.45) is 0. The Kier molecular flexibility index (Phi) is 3.69. The number of halogens is 1. The van der Waals surface area contributed by atoms with Crippen LogP contribution in [0.5, 0.6) is 0 Å². The van der Waals surface area contributed by atoms with Crippen LogP contribution in [0, 0.1) is 0 Å². The van der Waals surface area contributed by atoms with Gasteiger partial charge in [-0.15, -0.1) is 11.3 Å². The molecule has 1 aromatic heterocycles. The zero-order valence-electron chi connectivity index (χ0n) is 8.14. The minimum Gasteiger partial charge on any atom is -0.451 e. The molecule has 0 N–H and O–H groups in total. The number of rotatable bonds is 4. The Morgan fingerprint density at radius 3 is 3.00 bits per heavy atom. The topological polar surface area (TPSA) is 39.2 Å². The standard InChI is InChI=1S/C11H7BrNO2S/c12-10-4-2-1-3-9(10)11-13-8(6-16-11)5-15-7-14/h1-4,6H,5H2. The molecule has 2 rings (SSSR count). The lowest BCUT2D eigenvalue weighted by atomic mass is 10.2. The van der Waals surface area contributed by atoms with E-state index in [4.69, 9.17) is 0 Å². The second-order valence-electron chi connectivity index (χ2n) is 3.00. The summed E-state index contributed by atoms with van der Waals surface area (Å²) in [7, 11) is 0. The first kappa shape index (κ1) is 11.3. The van der Waals surface area contributed by atoms with E-state index in [-0.39, 0.29) is 6.61 Å². The third kappa shape index (κ3) is 2.48. The fraction of sp³-hybridized carbons (Fsp3) is 0.0909. The third-order valence-electron chi connectivity index (χ3n) is 1.93. The van der Waals surface area contributed by atoms with Crippen molar-refractivity contribution in [2.24, 2.45) is 0 Å². The maximum atomic E-state index is 9.93. The minimum atomic E-state index is 0.171. The van der Waals surface area contributed by atoms with Crippen LogP contribution < -0.4 is 0 Å². The van der Waals surface area contributed by atoms with E-state index in [1.54, 1.807) is 0 Å². The lowest BCUT2D eigenvalue weighted by Crippen LogP contribution is -1.90. The van der Waals surface area contributed by atoms with Crippen molar-refractivity contribution in [2.75, 3.05) is 0 Å². The molecule has 0 bridgehead atoms. The van der Waals surface area contributed by atoms with Crippen LogP contribution in [0.4, 0.5) is 0 Å². The molecule has 0 saturated carbocycles. The molecule has 1 aromatic carbocycles. The van der Waals surface area contributed by atoms with Gasteiger partial charge in [0.15, 0.2) is 0 Å². The first-order valence-electron chi connectivity index (χ1n) is 4.49. The van der Waals surface area contributed by atoms with Crippen LogP contribution in [0.1, 0.15) is 5.69 Å². The van der Waals surface area contributed by atoms with Crippen LogP contribution in [0.15, 0.2) is 34.1 Å². The Labute approximate surface area is 105 Å². The summed E-state index contributed by atoms with van der Waals surface area (Å²) in [6, 6.07) is 7.86. The van der Waals surface area contributed by atoms with Crippen molar-refractivity contribution >= 4 is 33.7 Å². The van der Waals surface area contributed by atoms with Gasteiger partial charge < -0.3 is 4.74 Å². The van der Waals surface area contributed by atoms with Crippen LogP contribution in [-0.4, -0.2) is 11.5 Å². The van der Waals surface area contributed by atoms with Gasteiger partial charge in [-0.05, 0) is 6.07 Å². The van der Waals surface area contributed by atoms with E-state index in [0.29, 0.717) is 0 Å². The highest BCUT2D eigenvalue weighted by molar-refractivity contribution is 9.10. The lowest BCUT2D eigenvalue weighted by Gasteiger charge is -1.98. The molecular formula is C11H7BrNO2S. The fourth-order valence-electron chi connectivity index (χ4n) is 1.24. The van der Waals surface area contributed by atoms with Crippen molar-refractivity contribution < 1.29 is 9.53 Å². The predicted molar refractivity (Wildman–Crippen MR) is 65.7 cm³/mol. The molecule has 2 aromatic rings. The smallest absolute Gasteiger partial charge is 0.417 e. The SMILES string of the molecule is O=[C]OCc1csc(-c2ccccc2Br)n1. The van der Waals surface area contributed by atoms with Gasteiger partial charge in [-0.2, -0.15) is 0 Å². The lowest BCUT2D eigenvalue weighted by molar-refractivity contribution is 0.264. The molecule has 1 radical (unpaired) electrons. The number of nitrogens with zero attached hydrogens (tertiary/aromatic N) is 1. The molecule has 3 nitrogen and oxygen atoms in total. The van der Waals surface area contributed by atoms with Gasteiger partial charge in [-0.1, -0.05) is 34.1 Å². The molecule has 0 aliphatic rings. The number of thiazole rings is 1. The number of benzene rings is 1. The molecule has 16 heavy (non-hydrogen) atoms. The van der Waals surface area contributed by atoms with Gasteiger partial charge in [-0.3, -0.25) is 0 Å². The van der Waals surface area contributed by atoms with Crippen molar-refractivity contribution in [1.29, 1.82) is 0 Å². The summed E-state index contributed by atoms with van der Waals surface area (Å²) in [6.45, 7) is 1.55. The highest BCUT2D eigenvalue weighted by Crippen LogP contribution is 2.30. The van der Waals surface area contributed by atoms with Gasteiger partial charge in [0.25, 0.3) is 0 Å². The maximum Gasteiger partial charge on any atom is 0.417 e. The molecule has 0 fully saturated rings. The van der Waals surface area contributed by atoms with E-state index in [1.807, 2.05) is 29.6 Å². The average molecular weight is 297 g/mol. The van der Waals surface area contributed by atoms with E-state index < -0.39 is 0 Å². The van der Waals surface area contributed by atoms with Crippen LogP contribution in [0.25, 0.3) is 10.6 Å². The molecule has 0 spiro atoms. The normalized spacial score (nSPS) is 10.1. The number of ether oxygens (including phenoxy) is 1. The summed E-state index contributed by atoms with van der Waals surface area (Å²) in [4.78, 5) is 14.3. The van der Waals surface area contributed by atoms with Crippen LogP contribution in [0.2, 0.25) is 0 Å².